The zero-order valence-corrected chi connectivity index (χ0v) is 10.8. The minimum Gasteiger partial charge on any atom is -0.316 e. The average Bonchev–Trinajstić information content (AvgIpc) is 2.29. The minimum atomic E-state index is -1.24. The van der Waals surface area contributed by atoms with Crippen LogP contribution in [0.25, 0.3) is 0 Å². The zero-order valence-electron chi connectivity index (χ0n) is 10.8. The molecule has 94 valence electrons. The van der Waals surface area contributed by atoms with Crippen LogP contribution < -0.4 is 5.32 Å². The van der Waals surface area contributed by atoms with Crippen molar-refractivity contribution >= 4 is 0 Å². The third kappa shape index (κ3) is 3.53. The van der Waals surface area contributed by atoms with Gasteiger partial charge in [-0.05, 0) is 63.2 Å². The Balaban J connectivity index is 2.05. The standard InChI is InChI=1S/C15H22FN/c1-15(2,16)14-7-3-5-12(10-14)9-13-6-4-8-17-11-13/h3,5,7,10,13,17H,4,6,8-9,11H2,1-2H3. The number of alkyl halides is 1. The molecule has 0 spiro atoms. The van der Waals surface area contributed by atoms with E-state index in [-0.39, 0.29) is 0 Å². The molecular formula is C15H22FN. The molecule has 1 unspecified atom stereocenters. The first kappa shape index (κ1) is 12.6. The highest BCUT2D eigenvalue weighted by molar-refractivity contribution is 5.27. The smallest absolute Gasteiger partial charge is 0.130 e. The number of nitrogens with one attached hydrogen (secondary N) is 1. The molecule has 1 aromatic carbocycles. The van der Waals surface area contributed by atoms with Gasteiger partial charge in [0.25, 0.3) is 0 Å². The lowest BCUT2D eigenvalue weighted by atomic mass is 9.90. The maximum Gasteiger partial charge on any atom is 0.130 e. The lowest BCUT2D eigenvalue weighted by Gasteiger charge is -2.23. The molecule has 1 saturated heterocycles. The van der Waals surface area contributed by atoms with E-state index >= 15 is 0 Å². The molecule has 1 aromatic rings. The lowest BCUT2D eigenvalue weighted by molar-refractivity contribution is 0.221. The molecule has 2 heteroatoms. The molecule has 17 heavy (non-hydrogen) atoms. The monoisotopic (exact) mass is 235 g/mol. The van der Waals surface area contributed by atoms with Crippen LogP contribution in [0.4, 0.5) is 4.39 Å². The topological polar surface area (TPSA) is 12.0 Å². The molecule has 1 nitrogen and oxygen atoms in total. The van der Waals surface area contributed by atoms with E-state index in [0.717, 1.165) is 25.1 Å². The molecule has 2 rings (SSSR count). The van der Waals surface area contributed by atoms with Crippen molar-refractivity contribution in [1.29, 1.82) is 0 Å². The van der Waals surface area contributed by atoms with Crippen molar-refractivity contribution in [3.63, 3.8) is 0 Å². The fraction of sp³-hybridized carbons (Fsp3) is 0.600. The summed E-state index contributed by atoms with van der Waals surface area (Å²) in [6, 6.07) is 7.99. The second-order valence-corrected chi connectivity index (χ2v) is 5.59. The van der Waals surface area contributed by atoms with Gasteiger partial charge in [-0.25, -0.2) is 4.39 Å². The molecule has 0 radical (unpaired) electrons. The Kier molecular flexibility index (Phi) is 3.82. The van der Waals surface area contributed by atoms with Crippen molar-refractivity contribution in [1.82, 2.24) is 5.32 Å². The minimum absolute atomic E-state index is 0.710. The number of hydrogen-bond donors (Lipinski definition) is 1. The van der Waals surface area contributed by atoms with Gasteiger partial charge in [-0.1, -0.05) is 24.3 Å². The molecule has 1 aliphatic rings. The third-order valence-electron chi connectivity index (χ3n) is 3.54. The first-order valence-corrected chi connectivity index (χ1v) is 6.55. The quantitative estimate of drug-likeness (QED) is 0.846. The fourth-order valence-corrected chi connectivity index (χ4v) is 2.50. The Morgan fingerprint density at radius 3 is 2.88 bits per heavy atom. The summed E-state index contributed by atoms with van der Waals surface area (Å²) in [6.07, 6.45) is 3.62. The van der Waals surface area contributed by atoms with E-state index in [1.54, 1.807) is 13.8 Å². The summed E-state index contributed by atoms with van der Waals surface area (Å²) in [6.45, 7) is 5.49. The predicted molar refractivity (Wildman–Crippen MR) is 69.9 cm³/mol. The van der Waals surface area contributed by atoms with Crippen LogP contribution in [0, 0.1) is 5.92 Å². The first-order valence-electron chi connectivity index (χ1n) is 6.55. The van der Waals surface area contributed by atoms with Gasteiger partial charge in [0.1, 0.15) is 5.67 Å². The van der Waals surface area contributed by atoms with Crippen LogP contribution >= 0.6 is 0 Å². The molecule has 1 atom stereocenters. The normalized spacial score (nSPS) is 21.5. The van der Waals surface area contributed by atoms with E-state index in [2.05, 4.69) is 11.4 Å². The van der Waals surface area contributed by atoms with Crippen LogP contribution in [0.5, 0.6) is 0 Å². The van der Waals surface area contributed by atoms with Gasteiger partial charge in [-0.15, -0.1) is 0 Å². The van der Waals surface area contributed by atoms with Crippen molar-refractivity contribution in [2.45, 2.75) is 38.8 Å². The highest BCUT2D eigenvalue weighted by Gasteiger charge is 2.19. The van der Waals surface area contributed by atoms with Gasteiger partial charge < -0.3 is 5.32 Å². The van der Waals surface area contributed by atoms with Crippen LogP contribution in [0.1, 0.15) is 37.8 Å². The van der Waals surface area contributed by atoms with Crippen molar-refractivity contribution in [3.8, 4) is 0 Å². The molecule has 1 aliphatic heterocycles. The third-order valence-corrected chi connectivity index (χ3v) is 3.54. The van der Waals surface area contributed by atoms with Crippen LogP contribution in [0.3, 0.4) is 0 Å². The average molecular weight is 235 g/mol. The number of benzene rings is 1. The molecule has 1 N–H and O–H groups in total. The number of piperidine rings is 1. The predicted octanol–water partition coefficient (Wildman–Crippen LogP) is 3.43. The Hall–Kier alpha value is -0.890. The Morgan fingerprint density at radius 2 is 2.24 bits per heavy atom. The zero-order chi connectivity index (χ0) is 12.3. The van der Waals surface area contributed by atoms with Crippen molar-refractivity contribution in [2.75, 3.05) is 13.1 Å². The largest absolute Gasteiger partial charge is 0.316 e. The second-order valence-electron chi connectivity index (χ2n) is 5.59. The first-order chi connectivity index (χ1) is 8.05. The molecular weight excluding hydrogens is 213 g/mol. The summed E-state index contributed by atoms with van der Waals surface area (Å²) in [5.41, 5.74) is 0.821. The van der Waals surface area contributed by atoms with Crippen molar-refractivity contribution in [2.24, 2.45) is 5.92 Å². The molecule has 0 bridgehead atoms. The molecule has 0 aliphatic carbocycles. The summed E-state index contributed by atoms with van der Waals surface area (Å²) < 4.78 is 13.9. The highest BCUT2D eigenvalue weighted by Crippen LogP contribution is 2.26. The van der Waals surface area contributed by atoms with Gasteiger partial charge in [-0.2, -0.15) is 0 Å². The van der Waals surface area contributed by atoms with E-state index in [9.17, 15) is 4.39 Å². The maximum atomic E-state index is 13.9. The highest BCUT2D eigenvalue weighted by atomic mass is 19.1. The molecule has 1 heterocycles. The van der Waals surface area contributed by atoms with Gasteiger partial charge in [-0.3, -0.25) is 0 Å². The van der Waals surface area contributed by atoms with E-state index < -0.39 is 5.67 Å². The van der Waals surface area contributed by atoms with Crippen LogP contribution in [0.2, 0.25) is 0 Å². The second kappa shape index (κ2) is 5.18. The van der Waals surface area contributed by atoms with Crippen LogP contribution in [-0.4, -0.2) is 13.1 Å². The van der Waals surface area contributed by atoms with Crippen molar-refractivity contribution in [3.05, 3.63) is 35.4 Å². The van der Waals surface area contributed by atoms with E-state index in [1.165, 1.54) is 18.4 Å². The number of halogens is 1. The molecule has 0 aromatic heterocycles. The maximum absolute atomic E-state index is 13.9. The Morgan fingerprint density at radius 1 is 1.41 bits per heavy atom. The fourth-order valence-electron chi connectivity index (χ4n) is 2.50. The summed E-state index contributed by atoms with van der Waals surface area (Å²) in [7, 11) is 0. The van der Waals surface area contributed by atoms with E-state index in [0.29, 0.717) is 5.92 Å². The van der Waals surface area contributed by atoms with Crippen LogP contribution in [0.15, 0.2) is 24.3 Å². The van der Waals surface area contributed by atoms with Gasteiger partial charge in [0.2, 0.25) is 0 Å². The number of rotatable bonds is 3. The summed E-state index contributed by atoms with van der Waals surface area (Å²) in [4.78, 5) is 0. The van der Waals surface area contributed by atoms with E-state index in [1.807, 2.05) is 18.2 Å². The van der Waals surface area contributed by atoms with Gasteiger partial charge in [0, 0.05) is 0 Å². The van der Waals surface area contributed by atoms with Gasteiger partial charge in [0.15, 0.2) is 0 Å². The molecule has 1 fully saturated rings. The Labute approximate surface area is 103 Å². The Bertz CT molecular complexity index is 361. The van der Waals surface area contributed by atoms with Gasteiger partial charge in [0.05, 0.1) is 0 Å². The van der Waals surface area contributed by atoms with Crippen molar-refractivity contribution < 1.29 is 4.39 Å². The summed E-state index contributed by atoms with van der Waals surface area (Å²) in [5, 5.41) is 3.43. The molecule has 0 amide bonds. The lowest BCUT2D eigenvalue weighted by Crippen LogP contribution is -2.30. The number of hydrogen-bond acceptors (Lipinski definition) is 1. The SMILES string of the molecule is CC(C)(F)c1cccc(CC2CCCNC2)c1. The summed E-state index contributed by atoms with van der Waals surface area (Å²) in [5.74, 6) is 0.710. The summed E-state index contributed by atoms with van der Waals surface area (Å²) >= 11 is 0. The van der Waals surface area contributed by atoms with E-state index in [4.69, 9.17) is 0 Å². The van der Waals surface area contributed by atoms with Gasteiger partial charge >= 0.3 is 0 Å². The molecule has 0 saturated carbocycles. The van der Waals surface area contributed by atoms with Crippen LogP contribution in [-0.2, 0) is 12.1 Å².